The number of rotatable bonds is 1. The third-order valence-electron chi connectivity index (χ3n) is 1.68. The third kappa shape index (κ3) is 1.35. The maximum Gasteiger partial charge on any atom is 0.217 e. The summed E-state index contributed by atoms with van der Waals surface area (Å²) >= 11 is 0. The molecule has 0 radical (unpaired) electrons. The van der Waals surface area contributed by atoms with Gasteiger partial charge in [-0.15, -0.1) is 0 Å². The molecule has 0 aromatic rings. The summed E-state index contributed by atoms with van der Waals surface area (Å²) in [5, 5.41) is 0.715. The van der Waals surface area contributed by atoms with Crippen LogP contribution in [-0.2, 0) is 4.79 Å². The van der Waals surface area contributed by atoms with E-state index in [1.54, 1.807) is 13.1 Å². The molecule has 0 fully saturated rings. The fraction of sp³-hybridized carbons (Fsp3) is 0.571. The van der Waals surface area contributed by atoms with E-state index in [9.17, 15) is 9.59 Å². The Hall–Kier alpha value is -0.413. The summed E-state index contributed by atoms with van der Waals surface area (Å²) in [6.07, 6.45) is 3.31. The van der Waals surface area contributed by atoms with E-state index in [2.05, 4.69) is 0 Å². The summed E-state index contributed by atoms with van der Waals surface area (Å²) in [6, 6.07) is 0. The van der Waals surface area contributed by atoms with Crippen molar-refractivity contribution in [1.29, 1.82) is 0 Å². The average molecular weight is 156 g/mol. The first kappa shape index (κ1) is 7.69. The molecular formula is C7H12O2Si. The molecule has 0 heterocycles. The summed E-state index contributed by atoms with van der Waals surface area (Å²) in [5.41, 5.74) is 0. The molecule has 0 aliphatic heterocycles. The maximum absolute atomic E-state index is 11.0. The zero-order valence-electron chi connectivity index (χ0n) is 6.35. The van der Waals surface area contributed by atoms with Crippen molar-refractivity contribution < 1.29 is 9.59 Å². The molecule has 0 amide bonds. The van der Waals surface area contributed by atoms with E-state index in [1.807, 2.05) is 6.08 Å². The molecule has 56 valence electrons. The van der Waals surface area contributed by atoms with Gasteiger partial charge in [-0.2, -0.15) is 0 Å². The van der Waals surface area contributed by atoms with Crippen LogP contribution >= 0.6 is 0 Å². The molecule has 10 heavy (non-hydrogen) atoms. The predicted molar refractivity (Wildman–Crippen MR) is 42.0 cm³/mol. The Morgan fingerprint density at radius 1 is 1.60 bits per heavy atom. The van der Waals surface area contributed by atoms with Crippen LogP contribution in [0.2, 0.25) is 13.1 Å². The largest absolute Gasteiger partial charge is 0.428 e. The summed E-state index contributed by atoms with van der Waals surface area (Å²) in [7, 11) is -2.28. The lowest BCUT2D eigenvalue weighted by Crippen LogP contribution is -2.31. The van der Waals surface area contributed by atoms with E-state index < -0.39 is 8.32 Å². The van der Waals surface area contributed by atoms with Gasteiger partial charge in [0.25, 0.3) is 0 Å². The van der Waals surface area contributed by atoms with Crippen LogP contribution in [0, 0.1) is 0 Å². The van der Waals surface area contributed by atoms with Crippen molar-refractivity contribution in [3.63, 3.8) is 0 Å². The first-order valence-electron chi connectivity index (χ1n) is 3.48. The first-order valence-corrected chi connectivity index (χ1v) is 6.43. The molecule has 1 rings (SSSR count). The van der Waals surface area contributed by atoms with Gasteiger partial charge in [-0.05, 0) is 19.5 Å². The van der Waals surface area contributed by atoms with Gasteiger partial charge in [-0.3, -0.25) is 4.79 Å². The number of Topliss-reactive ketones (excluding diaryl/α,β-unsaturated/α-hetero) is 1. The van der Waals surface area contributed by atoms with Crippen molar-refractivity contribution >= 4 is 14.1 Å². The molecule has 1 aliphatic carbocycles. The second kappa shape index (κ2) is 2.32. The molecule has 0 aromatic heterocycles. The quantitative estimate of drug-likeness (QED) is 0.575. The molecule has 0 aromatic carbocycles. The monoisotopic (exact) mass is 156 g/mol. The molecule has 0 atom stereocenters. The summed E-state index contributed by atoms with van der Waals surface area (Å²) < 4.78 is 0. The van der Waals surface area contributed by atoms with Gasteiger partial charge in [0.1, 0.15) is 0 Å². The van der Waals surface area contributed by atoms with Crippen LogP contribution in [0.5, 0.6) is 0 Å². The Morgan fingerprint density at radius 2 is 2.20 bits per heavy atom. The number of hydrogen-bond acceptors (Lipinski definition) is 2. The van der Waals surface area contributed by atoms with Gasteiger partial charge in [-0.25, -0.2) is 0 Å². The van der Waals surface area contributed by atoms with E-state index in [4.69, 9.17) is 0 Å². The highest BCUT2D eigenvalue weighted by molar-refractivity contribution is 6.82. The summed E-state index contributed by atoms with van der Waals surface area (Å²) in [6.45, 7) is 3.56. The number of allylic oxidation sites excluding steroid dienone is 2. The van der Waals surface area contributed by atoms with Crippen LogP contribution < -0.4 is 0 Å². The number of hydrogen-bond donors (Lipinski definition) is 1. The molecule has 0 saturated carbocycles. The summed E-state index contributed by atoms with van der Waals surface area (Å²) in [5.74, 6) is 0.152. The standard InChI is InChI=1S/C7H12O2Si/c1-10(2,9)7-5-3-4-6(7)8/h5,9H,3-4H2,1-2H3. The minimum atomic E-state index is -2.28. The van der Waals surface area contributed by atoms with Crippen molar-refractivity contribution in [2.75, 3.05) is 0 Å². The van der Waals surface area contributed by atoms with Gasteiger partial charge in [0, 0.05) is 11.6 Å². The van der Waals surface area contributed by atoms with Crippen LogP contribution in [0.3, 0.4) is 0 Å². The Labute approximate surface area is 61.7 Å². The van der Waals surface area contributed by atoms with Gasteiger partial charge in [0.15, 0.2) is 5.78 Å². The fourth-order valence-corrected chi connectivity index (χ4v) is 2.64. The van der Waals surface area contributed by atoms with Gasteiger partial charge in [-0.1, -0.05) is 6.08 Å². The van der Waals surface area contributed by atoms with Crippen molar-refractivity contribution in [2.24, 2.45) is 0 Å². The highest BCUT2D eigenvalue weighted by Crippen LogP contribution is 2.21. The molecule has 0 unspecified atom stereocenters. The minimum absolute atomic E-state index is 0.152. The Morgan fingerprint density at radius 3 is 2.40 bits per heavy atom. The topological polar surface area (TPSA) is 37.3 Å². The maximum atomic E-state index is 11.0. The zero-order valence-corrected chi connectivity index (χ0v) is 7.35. The minimum Gasteiger partial charge on any atom is -0.428 e. The lowest BCUT2D eigenvalue weighted by Gasteiger charge is -2.13. The zero-order chi connectivity index (χ0) is 7.78. The van der Waals surface area contributed by atoms with Crippen molar-refractivity contribution in [3.05, 3.63) is 11.3 Å². The molecule has 0 spiro atoms. The second-order valence-corrected chi connectivity index (χ2v) is 6.80. The van der Waals surface area contributed by atoms with Crippen LogP contribution in [0.4, 0.5) is 0 Å². The molecule has 0 saturated heterocycles. The Balaban J connectivity index is 2.82. The molecular weight excluding hydrogens is 144 g/mol. The van der Waals surface area contributed by atoms with Crippen molar-refractivity contribution in [1.82, 2.24) is 0 Å². The molecule has 2 nitrogen and oxygen atoms in total. The number of carbonyl (C=O) groups excluding carboxylic acids is 1. The van der Waals surface area contributed by atoms with Gasteiger partial charge < -0.3 is 4.80 Å². The van der Waals surface area contributed by atoms with E-state index in [-0.39, 0.29) is 5.78 Å². The van der Waals surface area contributed by atoms with E-state index in [1.165, 1.54) is 0 Å². The number of carbonyl (C=O) groups is 1. The first-order chi connectivity index (χ1) is 4.52. The molecule has 3 heteroatoms. The smallest absolute Gasteiger partial charge is 0.217 e. The average Bonchev–Trinajstić information content (AvgIpc) is 2.11. The van der Waals surface area contributed by atoms with E-state index >= 15 is 0 Å². The fourth-order valence-electron chi connectivity index (χ4n) is 1.19. The van der Waals surface area contributed by atoms with Crippen molar-refractivity contribution in [3.8, 4) is 0 Å². The normalized spacial score (nSPS) is 19.5. The molecule has 1 aliphatic rings. The van der Waals surface area contributed by atoms with Crippen LogP contribution in [0.15, 0.2) is 11.3 Å². The Bertz CT molecular complexity index is 188. The van der Waals surface area contributed by atoms with Crippen LogP contribution in [-0.4, -0.2) is 18.9 Å². The lowest BCUT2D eigenvalue weighted by atomic mass is 10.3. The highest BCUT2D eigenvalue weighted by atomic mass is 28.4. The Kier molecular flexibility index (Phi) is 1.79. The van der Waals surface area contributed by atoms with Gasteiger partial charge >= 0.3 is 0 Å². The molecule has 1 N–H and O–H groups in total. The van der Waals surface area contributed by atoms with Gasteiger partial charge in [0.05, 0.1) is 0 Å². The SMILES string of the molecule is C[Si](C)(O)C1=CCCC1=O. The second-order valence-electron chi connectivity index (χ2n) is 3.14. The predicted octanol–water partition coefficient (Wildman–Crippen LogP) is 1.01. The van der Waals surface area contributed by atoms with Crippen LogP contribution in [0.25, 0.3) is 0 Å². The lowest BCUT2D eigenvalue weighted by molar-refractivity contribution is -0.114. The van der Waals surface area contributed by atoms with Gasteiger partial charge in [0.2, 0.25) is 8.32 Å². The highest BCUT2D eigenvalue weighted by Gasteiger charge is 2.30. The number of ketones is 1. The van der Waals surface area contributed by atoms with E-state index in [0.29, 0.717) is 11.6 Å². The van der Waals surface area contributed by atoms with Crippen molar-refractivity contribution in [2.45, 2.75) is 25.9 Å². The summed E-state index contributed by atoms with van der Waals surface area (Å²) in [4.78, 5) is 20.6. The van der Waals surface area contributed by atoms with E-state index in [0.717, 1.165) is 6.42 Å². The third-order valence-corrected chi connectivity index (χ3v) is 3.48. The molecule has 0 bridgehead atoms. The van der Waals surface area contributed by atoms with Crippen LogP contribution in [0.1, 0.15) is 12.8 Å².